The van der Waals surface area contributed by atoms with Crippen LogP contribution in [-0.4, -0.2) is 32.2 Å². The Balaban J connectivity index is 1.74. The molecule has 0 fully saturated rings. The van der Waals surface area contributed by atoms with Gasteiger partial charge in [-0.3, -0.25) is 19.4 Å². The van der Waals surface area contributed by atoms with Crippen LogP contribution in [0, 0.1) is 0 Å². The van der Waals surface area contributed by atoms with Crippen molar-refractivity contribution in [1.82, 2.24) is 15.2 Å². The number of amides is 2. The lowest BCUT2D eigenvalue weighted by Crippen LogP contribution is -2.23. The maximum atomic E-state index is 12.6. The Morgan fingerprint density at radius 1 is 1.07 bits per heavy atom. The van der Waals surface area contributed by atoms with E-state index in [-0.39, 0.29) is 22.7 Å². The number of rotatable bonds is 6. The predicted octanol–water partition coefficient (Wildman–Crippen LogP) is 3.56. The minimum atomic E-state index is -0.539. The van der Waals surface area contributed by atoms with Gasteiger partial charge in [-0.1, -0.05) is 41.6 Å². The number of halogens is 1. The number of carbonyl (C=O) groups is 2. The van der Waals surface area contributed by atoms with Gasteiger partial charge in [-0.15, -0.1) is 10.2 Å². The minimum Gasteiger partial charge on any atom is -0.326 e. The van der Waals surface area contributed by atoms with Gasteiger partial charge in [-0.25, -0.2) is 0 Å². The van der Waals surface area contributed by atoms with E-state index < -0.39 is 10.8 Å². The van der Waals surface area contributed by atoms with Gasteiger partial charge in [0.2, 0.25) is 11.8 Å². The molecule has 3 rings (SSSR count). The van der Waals surface area contributed by atoms with Crippen LogP contribution in [0.2, 0.25) is 5.02 Å². The average molecular weight is 444 g/mol. The van der Waals surface area contributed by atoms with Gasteiger partial charge >= 0.3 is 0 Å². The van der Waals surface area contributed by atoms with Crippen LogP contribution in [0.5, 0.6) is 0 Å². The molecule has 0 radical (unpaired) electrons. The highest BCUT2D eigenvalue weighted by molar-refractivity contribution is 8.00. The first-order valence-electron chi connectivity index (χ1n) is 8.90. The fraction of sp³-hybridized carbons (Fsp3) is 0.150. The van der Waals surface area contributed by atoms with E-state index in [4.69, 9.17) is 11.6 Å². The van der Waals surface area contributed by atoms with Crippen LogP contribution >= 0.6 is 23.4 Å². The Kier molecular flexibility index (Phi) is 6.86. The number of anilines is 2. The third-order valence-electron chi connectivity index (χ3n) is 3.94. The van der Waals surface area contributed by atoms with E-state index in [1.54, 1.807) is 55.5 Å². The van der Waals surface area contributed by atoms with Crippen LogP contribution in [0.15, 0.2) is 58.5 Å². The van der Waals surface area contributed by atoms with E-state index in [9.17, 15) is 14.4 Å². The van der Waals surface area contributed by atoms with Crippen LogP contribution in [0.1, 0.15) is 13.8 Å². The Morgan fingerprint density at radius 2 is 1.77 bits per heavy atom. The lowest BCUT2D eigenvalue weighted by molar-refractivity contribution is -0.115. The molecule has 1 heterocycles. The Labute approximate surface area is 181 Å². The van der Waals surface area contributed by atoms with Crippen molar-refractivity contribution in [3.05, 3.63) is 63.9 Å². The smallest absolute Gasteiger partial charge is 0.278 e. The zero-order valence-corrected chi connectivity index (χ0v) is 17.7. The second kappa shape index (κ2) is 9.55. The van der Waals surface area contributed by atoms with E-state index in [0.717, 1.165) is 11.8 Å². The average Bonchev–Trinajstić information content (AvgIpc) is 2.70. The van der Waals surface area contributed by atoms with E-state index in [0.29, 0.717) is 22.0 Å². The molecule has 0 aliphatic heterocycles. The fourth-order valence-electron chi connectivity index (χ4n) is 2.54. The molecule has 0 aliphatic rings. The predicted molar refractivity (Wildman–Crippen MR) is 118 cm³/mol. The van der Waals surface area contributed by atoms with Gasteiger partial charge in [0.25, 0.3) is 5.56 Å². The van der Waals surface area contributed by atoms with Crippen LogP contribution < -0.4 is 16.2 Å². The van der Waals surface area contributed by atoms with Gasteiger partial charge in [0, 0.05) is 23.2 Å². The summed E-state index contributed by atoms with van der Waals surface area (Å²) in [5.74, 6) is -0.524. The number of benzene rings is 2. The fourth-order valence-corrected chi connectivity index (χ4v) is 3.40. The van der Waals surface area contributed by atoms with Crippen molar-refractivity contribution in [1.29, 1.82) is 0 Å². The zero-order chi connectivity index (χ0) is 21.7. The first kappa shape index (κ1) is 21.5. The van der Waals surface area contributed by atoms with Crippen molar-refractivity contribution in [2.24, 2.45) is 0 Å². The Bertz CT molecular complexity index is 1130. The summed E-state index contributed by atoms with van der Waals surface area (Å²) in [6, 6.07) is 13.5. The molecule has 154 valence electrons. The van der Waals surface area contributed by atoms with Crippen LogP contribution in [0.3, 0.4) is 0 Å². The van der Waals surface area contributed by atoms with Crippen molar-refractivity contribution in [3.8, 4) is 11.3 Å². The molecule has 3 N–H and O–H groups in total. The number of hydrogen-bond donors (Lipinski definition) is 3. The molecule has 0 bridgehead atoms. The number of aromatic amines is 1. The summed E-state index contributed by atoms with van der Waals surface area (Å²) >= 11 is 6.91. The van der Waals surface area contributed by atoms with Gasteiger partial charge in [0.1, 0.15) is 0 Å². The molecule has 1 atom stereocenters. The molecule has 2 aromatic carbocycles. The normalized spacial score (nSPS) is 11.6. The second-order valence-electron chi connectivity index (χ2n) is 6.29. The largest absolute Gasteiger partial charge is 0.326 e. The number of para-hydroxylation sites is 1. The number of hydrogen-bond acceptors (Lipinski definition) is 6. The minimum absolute atomic E-state index is 0.0713. The molecule has 3 aromatic rings. The van der Waals surface area contributed by atoms with E-state index in [1.807, 2.05) is 0 Å². The van der Waals surface area contributed by atoms with Gasteiger partial charge in [0.15, 0.2) is 10.9 Å². The van der Waals surface area contributed by atoms with E-state index in [2.05, 4.69) is 25.8 Å². The molecule has 1 aromatic heterocycles. The van der Waals surface area contributed by atoms with Crippen molar-refractivity contribution < 1.29 is 9.59 Å². The highest BCUT2D eigenvalue weighted by Gasteiger charge is 2.18. The number of thioether (sulfide) groups is 1. The number of carbonyl (C=O) groups excluding carboxylic acids is 2. The molecule has 10 heteroatoms. The highest BCUT2D eigenvalue weighted by atomic mass is 35.5. The summed E-state index contributed by atoms with van der Waals surface area (Å²) in [4.78, 5) is 39.0. The van der Waals surface area contributed by atoms with Crippen molar-refractivity contribution in [3.63, 3.8) is 0 Å². The van der Waals surface area contributed by atoms with Crippen LogP contribution in [0.25, 0.3) is 11.3 Å². The molecule has 8 nitrogen and oxygen atoms in total. The maximum Gasteiger partial charge on any atom is 0.278 e. The third-order valence-corrected chi connectivity index (χ3v) is 5.17. The molecule has 1 unspecified atom stereocenters. The summed E-state index contributed by atoms with van der Waals surface area (Å²) in [5.41, 5.74) is 1.12. The van der Waals surface area contributed by atoms with E-state index >= 15 is 0 Å². The molecule has 0 spiro atoms. The molecule has 2 amide bonds. The van der Waals surface area contributed by atoms with Crippen molar-refractivity contribution in [2.45, 2.75) is 24.3 Å². The zero-order valence-electron chi connectivity index (χ0n) is 16.1. The van der Waals surface area contributed by atoms with Gasteiger partial charge in [0.05, 0.1) is 10.9 Å². The molecule has 30 heavy (non-hydrogen) atoms. The van der Waals surface area contributed by atoms with Crippen LogP contribution in [-0.2, 0) is 9.59 Å². The summed E-state index contributed by atoms with van der Waals surface area (Å²) < 4.78 is 0. The molecular formula is C20H18ClN5O3S. The van der Waals surface area contributed by atoms with E-state index in [1.165, 1.54) is 6.92 Å². The molecule has 0 saturated carbocycles. The SMILES string of the molecule is CC(=O)Nc1ccccc1-c1nnc(SC(C)C(=O)Nc2ccc(Cl)cc2)[nH]c1=O. The monoisotopic (exact) mass is 443 g/mol. The quantitative estimate of drug-likeness (QED) is 0.501. The van der Waals surface area contributed by atoms with Crippen molar-refractivity contribution in [2.75, 3.05) is 10.6 Å². The maximum absolute atomic E-state index is 12.6. The number of nitrogens with zero attached hydrogens (tertiary/aromatic N) is 2. The molecule has 0 aliphatic carbocycles. The topological polar surface area (TPSA) is 117 Å². The molecule has 0 saturated heterocycles. The standard InChI is InChI=1S/C20H18ClN5O3S/c1-11(18(28)23-14-9-7-13(21)8-10-14)30-20-24-19(29)17(25-26-20)15-5-3-4-6-16(15)22-12(2)27/h3-11H,1-2H3,(H,22,27)(H,23,28)(H,24,26,29). The second-order valence-corrected chi connectivity index (χ2v) is 8.06. The lowest BCUT2D eigenvalue weighted by atomic mass is 10.1. The van der Waals surface area contributed by atoms with Crippen molar-refractivity contribution >= 4 is 46.6 Å². The summed E-state index contributed by atoms with van der Waals surface area (Å²) in [6.45, 7) is 3.07. The first-order valence-corrected chi connectivity index (χ1v) is 10.2. The van der Waals surface area contributed by atoms with Gasteiger partial charge < -0.3 is 10.6 Å². The van der Waals surface area contributed by atoms with Gasteiger partial charge in [-0.2, -0.15) is 0 Å². The first-order chi connectivity index (χ1) is 14.3. The summed E-state index contributed by atoms with van der Waals surface area (Å²) in [6.07, 6.45) is 0. The van der Waals surface area contributed by atoms with Gasteiger partial charge in [-0.05, 0) is 37.3 Å². The Hall–Kier alpha value is -3.17. The molecular weight excluding hydrogens is 426 g/mol. The number of H-pyrrole nitrogens is 1. The lowest BCUT2D eigenvalue weighted by Gasteiger charge is -2.12. The highest BCUT2D eigenvalue weighted by Crippen LogP contribution is 2.25. The van der Waals surface area contributed by atoms with Crippen LogP contribution in [0.4, 0.5) is 11.4 Å². The number of nitrogens with one attached hydrogen (secondary N) is 3. The third kappa shape index (κ3) is 5.46. The Morgan fingerprint density at radius 3 is 2.43 bits per heavy atom. The summed E-state index contributed by atoms with van der Waals surface area (Å²) in [7, 11) is 0. The summed E-state index contributed by atoms with van der Waals surface area (Å²) in [5, 5.41) is 13.7. The number of aromatic nitrogens is 3.